The first-order valence-electron chi connectivity index (χ1n) is 8.23. The van der Waals surface area contributed by atoms with E-state index in [1.165, 1.54) is 13.1 Å². The summed E-state index contributed by atoms with van der Waals surface area (Å²) in [5.41, 5.74) is 6.53. The normalized spacial score (nSPS) is 10.7. The number of amides is 1. The van der Waals surface area contributed by atoms with Crippen molar-refractivity contribution in [2.45, 2.75) is 6.92 Å². The molecule has 4 heteroatoms. The Kier molecular flexibility index (Phi) is 5.34. The molecule has 3 rings (SSSR count). The van der Waals surface area contributed by atoms with E-state index in [4.69, 9.17) is 0 Å². The van der Waals surface area contributed by atoms with Gasteiger partial charge >= 0.3 is 0 Å². The second-order valence-corrected chi connectivity index (χ2v) is 5.82. The summed E-state index contributed by atoms with van der Waals surface area (Å²) in [4.78, 5) is 23.6. The number of ketones is 1. The predicted molar refractivity (Wildman–Crippen MR) is 103 cm³/mol. The van der Waals surface area contributed by atoms with Crippen LogP contribution >= 0.6 is 0 Å². The Balaban J connectivity index is 1.65. The fourth-order valence-corrected chi connectivity index (χ4v) is 2.51. The van der Waals surface area contributed by atoms with Crippen molar-refractivity contribution >= 4 is 17.9 Å². The smallest absolute Gasteiger partial charge is 0.271 e. The van der Waals surface area contributed by atoms with Crippen molar-refractivity contribution in [3.63, 3.8) is 0 Å². The van der Waals surface area contributed by atoms with Gasteiger partial charge in [0.15, 0.2) is 5.78 Å². The number of rotatable bonds is 5. The van der Waals surface area contributed by atoms with Crippen LogP contribution in [0.1, 0.15) is 33.2 Å². The molecular weight excluding hydrogens is 324 g/mol. The van der Waals surface area contributed by atoms with Crippen molar-refractivity contribution in [2.24, 2.45) is 5.10 Å². The minimum atomic E-state index is -0.288. The van der Waals surface area contributed by atoms with Crippen molar-refractivity contribution in [3.05, 3.63) is 95.6 Å². The van der Waals surface area contributed by atoms with Crippen LogP contribution in [0.5, 0.6) is 0 Å². The fraction of sp³-hybridized carbons (Fsp3) is 0.0455. The zero-order valence-corrected chi connectivity index (χ0v) is 14.3. The summed E-state index contributed by atoms with van der Waals surface area (Å²) in [7, 11) is 0. The van der Waals surface area contributed by atoms with Crippen molar-refractivity contribution in [1.82, 2.24) is 5.43 Å². The summed E-state index contributed by atoms with van der Waals surface area (Å²) in [6.45, 7) is 1.51. The second kappa shape index (κ2) is 8.03. The summed E-state index contributed by atoms with van der Waals surface area (Å²) < 4.78 is 0. The molecule has 128 valence electrons. The highest BCUT2D eigenvalue weighted by atomic mass is 16.2. The molecule has 26 heavy (non-hydrogen) atoms. The van der Waals surface area contributed by atoms with E-state index in [9.17, 15) is 9.59 Å². The number of Topliss-reactive ketones (excluding diaryl/α,β-unsaturated/α-hetero) is 1. The largest absolute Gasteiger partial charge is 0.295 e. The number of hydrogen-bond donors (Lipinski definition) is 1. The minimum Gasteiger partial charge on any atom is -0.295 e. The maximum absolute atomic E-state index is 12.2. The summed E-state index contributed by atoms with van der Waals surface area (Å²) in [5, 5.41) is 3.96. The first kappa shape index (κ1) is 17.3. The van der Waals surface area contributed by atoms with E-state index < -0.39 is 0 Å². The molecule has 0 radical (unpaired) electrons. The molecule has 3 aromatic rings. The molecule has 0 unspecified atom stereocenters. The van der Waals surface area contributed by atoms with E-state index in [1.807, 2.05) is 48.5 Å². The van der Waals surface area contributed by atoms with E-state index >= 15 is 0 Å². The van der Waals surface area contributed by atoms with Gasteiger partial charge in [-0.2, -0.15) is 5.10 Å². The number of carbonyl (C=O) groups is 2. The molecule has 0 fully saturated rings. The average molecular weight is 342 g/mol. The number of nitrogens with zero attached hydrogens (tertiary/aromatic N) is 1. The highest BCUT2D eigenvalue weighted by molar-refractivity contribution is 5.97. The molecule has 0 atom stereocenters. The number of hydrazone groups is 1. The van der Waals surface area contributed by atoms with Crippen LogP contribution in [0.2, 0.25) is 0 Å². The molecule has 0 heterocycles. The third kappa shape index (κ3) is 4.30. The van der Waals surface area contributed by atoms with Crippen LogP contribution < -0.4 is 5.43 Å². The van der Waals surface area contributed by atoms with Crippen LogP contribution in [-0.4, -0.2) is 17.9 Å². The number of hydrogen-bond acceptors (Lipinski definition) is 3. The summed E-state index contributed by atoms with van der Waals surface area (Å²) in [6, 6.07) is 24.4. The Morgan fingerprint density at radius 2 is 1.50 bits per heavy atom. The minimum absolute atomic E-state index is 0.0113. The lowest BCUT2D eigenvalue weighted by Crippen LogP contribution is -2.17. The van der Waals surface area contributed by atoms with Gasteiger partial charge in [-0.25, -0.2) is 5.43 Å². The Hall–Kier alpha value is -3.53. The quantitative estimate of drug-likeness (QED) is 0.426. The van der Waals surface area contributed by atoms with Gasteiger partial charge in [-0.05, 0) is 41.8 Å². The number of benzene rings is 3. The first-order chi connectivity index (χ1) is 12.6. The zero-order chi connectivity index (χ0) is 18.4. The predicted octanol–water partition coefficient (Wildman–Crippen LogP) is 4.32. The van der Waals surface area contributed by atoms with Gasteiger partial charge in [0, 0.05) is 11.1 Å². The number of carbonyl (C=O) groups excluding carboxylic acids is 2. The van der Waals surface area contributed by atoms with E-state index in [1.54, 1.807) is 30.3 Å². The third-order valence-electron chi connectivity index (χ3n) is 3.93. The van der Waals surface area contributed by atoms with Gasteiger partial charge in [0.1, 0.15) is 0 Å². The van der Waals surface area contributed by atoms with Gasteiger partial charge in [0.05, 0.1) is 6.21 Å². The molecule has 0 aliphatic rings. The van der Waals surface area contributed by atoms with Crippen LogP contribution in [0.15, 0.2) is 84.0 Å². The Morgan fingerprint density at radius 3 is 2.19 bits per heavy atom. The number of nitrogens with one attached hydrogen (secondary N) is 1. The SMILES string of the molecule is CC(=O)c1cccc(/C=N/NC(=O)c2ccc(-c3ccccc3)cc2)c1. The van der Waals surface area contributed by atoms with Crippen molar-refractivity contribution in [1.29, 1.82) is 0 Å². The molecule has 3 aromatic carbocycles. The highest BCUT2D eigenvalue weighted by Gasteiger charge is 2.05. The molecule has 0 bridgehead atoms. The van der Waals surface area contributed by atoms with Gasteiger partial charge in [-0.3, -0.25) is 9.59 Å². The van der Waals surface area contributed by atoms with Gasteiger partial charge in [0.25, 0.3) is 5.91 Å². The first-order valence-corrected chi connectivity index (χ1v) is 8.23. The summed E-state index contributed by atoms with van der Waals surface area (Å²) in [6.07, 6.45) is 1.52. The van der Waals surface area contributed by atoms with Crippen LogP contribution in [0.25, 0.3) is 11.1 Å². The Labute approximate surface area is 152 Å². The van der Waals surface area contributed by atoms with Gasteiger partial charge in [0.2, 0.25) is 0 Å². The lowest BCUT2D eigenvalue weighted by molar-refractivity contribution is 0.0954. The molecule has 4 nitrogen and oxygen atoms in total. The summed E-state index contributed by atoms with van der Waals surface area (Å²) >= 11 is 0. The summed E-state index contributed by atoms with van der Waals surface area (Å²) in [5.74, 6) is -0.300. The monoisotopic (exact) mass is 342 g/mol. The van der Waals surface area contributed by atoms with Crippen LogP contribution in [-0.2, 0) is 0 Å². The molecule has 0 aliphatic heterocycles. The van der Waals surface area contributed by atoms with E-state index in [-0.39, 0.29) is 11.7 Å². The zero-order valence-electron chi connectivity index (χ0n) is 14.3. The average Bonchev–Trinajstić information content (AvgIpc) is 2.69. The Bertz CT molecular complexity index is 945. The molecule has 0 aromatic heterocycles. The van der Waals surface area contributed by atoms with E-state index in [2.05, 4.69) is 10.5 Å². The second-order valence-electron chi connectivity index (χ2n) is 5.82. The van der Waals surface area contributed by atoms with Crippen molar-refractivity contribution in [3.8, 4) is 11.1 Å². The topological polar surface area (TPSA) is 58.5 Å². The van der Waals surface area contributed by atoms with Crippen LogP contribution in [0, 0.1) is 0 Å². The maximum atomic E-state index is 12.2. The molecule has 0 saturated heterocycles. The molecule has 1 N–H and O–H groups in total. The van der Waals surface area contributed by atoms with Crippen molar-refractivity contribution < 1.29 is 9.59 Å². The van der Waals surface area contributed by atoms with E-state index in [0.717, 1.165) is 16.7 Å². The van der Waals surface area contributed by atoms with Crippen LogP contribution in [0.3, 0.4) is 0 Å². The molecular formula is C22H18N2O2. The molecule has 0 spiro atoms. The molecule has 0 aliphatic carbocycles. The standard InChI is InChI=1S/C22H18N2O2/c1-16(25)21-9-5-6-17(14-21)15-23-24-22(26)20-12-10-19(11-13-20)18-7-3-2-4-8-18/h2-15H,1H3,(H,24,26)/b23-15+. The molecule has 0 saturated carbocycles. The van der Waals surface area contributed by atoms with Gasteiger partial charge in [-0.15, -0.1) is 0 Å². The van der Waals surface area contributed by atoms with Gasteiger partial charge in [-0.1, -0.05) is 60.7 Å². The molecule has 1 amide bonds. The highest BCUT2D eigenvalue weighted by Crippen LogP contribution is 2.19. The lowest BCUT2D eigenvalue weighted by Gasteiger charge is -2.04. The van der Waals surface area contributed by atoms with Crippen molar-refractivity contribution in [2.75, 3.05) is 0 Å². The van der Waals surface area contributed by atoms with Gasteiger partial charge < -0.3 is 0 Å². The Morgan fingerprint density at radius 1 is 0.808 bits per heavy atom. The maximum Gasteiger partial charge on any atom is 0.271 e. The van der Waals surface area contributed by atoms with Crippen LogP contribution in [0.4, 0.5) is 0 Å². The van der Waals surface area contributed by atoms with E-state index in [0.29, 0.717) is 11.1 Å². The fourth-order valence-electron chi connectivity index (χ4n) is 2.51. The third-order valence-corrected chi connectivity index (χ3v) is 3.93. The lowest BCUT2D eigenvalue weighted by atomic mass is 10.0.